The molecule has 0 amide bonds. The number of halogens is 1. The van der Waals surface area contributed by atoms with Crippen molar-refractivity contribution in [1.82, 2.24) is 19.1 Å². The highest BCUT2D eigenvalue weighted by molar-refractivity contribution is 5.87. The van der Waals surface area contributed by atoms with Gasteiger partial charge in [0.05, 0.1) is 7.11 Å². The molecule has 0 radical (unpaired) electrons. The number of aromatic amines is 1. The maximum absolute atomic E-state index is 13.8. The van der Waals surface area contributed by atoms with Crippen LogP contribution in [0.25, 0.3) is 17.2 Å². The molecule has 33 heavy (non-hydrogen) atoms. The second-order valence-corrected chi connectivity index (χ2v) is 7.45. The third-order valence-electron chi connectivity index (χ3n) is 5.08. The molecule has 1 aromatic carbocycles. The Bertz CT molecular complexity index is 1290. The van der Waals surface area contributed by atoms with Crippen LogP contribution in [-0.4, -0.2) is 32.2 Å². The van der Waals surface area contributed by atoms with Gasteiger partial charge in [-0.15, -0.1) is 0 Å². The average molecular weight is 458 g/mol. The van der Waals surface area contributed by atoms with Gasteiger partial charge in [-0.25, -0.2) is 19.0 Å². The molecule has 0 saturated heterocycles. The molecular formula is C23H27FN4O5. The summed E-state index contributed by atoms with van der Waals surface area (Å²) in [4.78, 5) is 43.9. The van der Waals surface area contributed by atoms with Gasteiger partial charge in [-0.2, -0.15) is 0 Å². The van der Waals surface area contributed by atoms with Gasteiger partial charge in [0, 0.05) is 19.2 Å². The van der Waals surface area contributed by atoms with E-state index in [-0.39, 0.29) is 23.5 Å². The zero-order chi connectivity index (χ0) is 24.0. The second-order valence-electron chi connectivity index (χ2n) is 7.45. The lowest BCUT2D eigenvalue weighted by atomic mass is 10.2. The van der Waals surface area contributed by atoms with E-state index in [1.807, 2.05) is 13.8 Å². The van der Waals surface area contributed by atoms with Crippen LogP contribution in [0.4, 0.5) is 4.39 Å². The molecule has 9 nitrogen and oxygen atoms in total. The Morgan fingerprint density at radius 2 is 1.97 bits per heavy atom. The standard InChI is InChI=1S/C23H27FN4O5/c1-4-6-12-28-21-20(22(30)26-23(28)31)27(11-5-2)18(25-21)14-33-19(29)10-8-15-7-9-17(32-3)16(24)13-15/h7-10,13H,4-6,11-12,14H2,1-3H3,(H,26,30,31). The molecule has 0 saturated carbocycles. The van der Waals surface area contributed by atoms with Gasteiger partial charge >= 0.3 is 11.7 Å². The molecule has 0 aliphatic heterocycles. The number of unbranched alkanes of at least 4 members (excludes halogenated alkanes) is 1. The number of hydrogen-bond donors (Lipinski definition) is 1. The van der Waals surface area contributed by atoms with Gasteiger partial charge < -0.3 is 14.0 Å². The summed E-state index contributed by atoms with van der Waals surface area (Å²) in [5.41, 5.74) is -0.0123. The summed E-state index contributed by atoms with van der Waals surface area (Å²) in [5, 5.41) is 0. The Hall–Kier alpha value is -3.69. The molecule has 0 bridgehead atoms. The summed E-state index contributed by atoms with van der Waals surface area (Å²) in [7, 11) is 1.37. The minimum absolute atomic E-state index is 0.108. The highest BCUT2D eigenvalue weighted by atomic mass is 19.1. The lowest BCUT2D eigenvalue weighted by Gasteiger charge is -2.08. The number of aromatic nitrogens is 4. The molecule has 3 aromatic rings. The number of H-pyrrole nitrogens is 1. The van der Waals surface area contributed by atoms with Crippen LogP contribution in [0, 0.1) is 5.82 Å². The average Bonchev–Trinajstić information content (AvgIpc) is 3.15. The molecule has 0 unspecified atom stereocenters. The van der Waals surface area contributed by atoms with Crippen molar-refractivity contribution in [2.24, 2.45) is 0 Å². The number of methoxy groups -OCH3 is 1. The zero-order valence-electron chi connectivity index (χ0n) is 18.9. The molecule has 0 fully saturated rings. The van der Waals surface area contributed by atoms with Crippen LogP contribution in [-0.2, 0) is 29.2 Å². The monoisotopic (exact) mass is 458 g/mol. The summed E-state index contributed by atoms with van der Waals surface area (Å²) in [6.45, 7) is 4.66. The Kier molecular flexibility index (Phi) is 7.81. The number of benzene rings is 1. The largest absolute Gasteiger partial charge is 0.494 e. The topological polar surface area (TPSA) is 108 Å². The van der Waals surface area contributed by atoms with Crippen molar-refractivity contribution in [3.8, 4) is 5.75 Å². The third kappa shape index (κ3) is 5.39. The first-order chi connectivity index (χ1) is 15.9. The van der Waals surface area contributed by atoms with Crippen molar-refractivity contribution in [3.63, 3.8) is 0 Å². The highest BCUT2D eigenvalue weighted by Gasteiger charge is 2.19. The van der Waals surface area contributed by atoms with Crippen LogP contribution in [0.1, 0.15) is 44.5 Å². The van der Waals surface area contributed by atoms with E-state index >= 15 is 0 Å². The predicted octanol–water partition coefficient (Wildman–Crippen LogP) is 3.00. The molecule has 10 heteroatoms. The van der Waals surface area contributed by atoms with Crippen molar-refractivity contribution in [2.45, 2.75) is 52.8 Å². The molecule has 0 aliphatic carbocycles. The van der Waals surface area contributed by atoms with E-state index in [1.165, 1.54) is 36.0 Å². The second kappa shape index (κ2) is 10.8. The summed E-state index contributed by atoms with van der Waals surface area (Å²) in [5.74, 6) is -0.721. The van der Waals surface area contributed by atoms with Crippen LogP contribution >= 0.6 is 0 Å². The van der Waals surface area contributed by atoms with Crippen molar-refractivity contribution < 1.29 is 18.7 Å². The minimum Gasteiger partial charge on any atom is -0.494 e. The molecule has 176 valence electrons. The number of carbonyl (C=O) groups excluding carboxylic acids is 1. The fourth-order valence-corrected chi connectivity index (χ4v) is 3.45. The number of aryl methyl sites for hydroxylation is 2. The molecule has 0 aliphatic rings. The maximum Gasteiger partial charge on any atom is 0.331 e. The normalized spacial score (nSPS) is 11.4. The number of nitrogens with one attached hydrogen (secondary N) is 1. The molecule has 1 N–H and O–H groups in total. The Morgan fingerprint density at radius 3 is 2.64 bits per heavy atom. The maximum atomic E-state index is 13.8. The van der Waals surface area contributed by atoms with Gasteiger partial charge in [-0.3, -0.25) is 14.3 Å². The van der Waals surface area contributed by atoms with E-state index < -0.39 is 23.0 Å². The zero-order valence-corrected chi connectivity index (χ0v) is 18.9. The Morgan fingerprint density at radius 1 is 1.18 bits per heavy atom. The SMILES string of the molecule is CCCCn1c(=O)[nH]c(=O)c2c1nc(COC(=O)C=Cc1ccc(OC)c(F)c1)n2CCC. The van der Waals surface area contributed by atoms with Crippen LogP contribution in [0.15, 0.2) is 33.9 Å². The van der Waals surface area contributed by atoms with E-state index in [1.54, 1.807) is 10.6 Å². The first-order valence-corrected chi connectivity index (χ1v) is 10.8. The van der Waals surface area contributed by atoms with E-state index in [0.717, 1.165) is 12.8 Å². The van der Waals surface area contributed by atoms with Crippen LogP contribution in [0.2, 0.25) is 0 Å². The van der Waals surface area contributed by atoms with Gasteiger partial charge in [-0.1, -0.05) is 26.3 Å². The summed E-state index contributed by atoms with van der Waals surface area (Å²) in [6.07, 6.45) is 4.94. The van der Waals surface area contributed by atoms with E-state index in [4.69, 9.17) is 9.47 Å². The van der Waals surface area contributed by atoms with Gasteiger partial charge in [0.1, 0.15) is 12.4 Å². The van der Waals surface area contributed by atoms with Gasteiger partial charge in [-0.05, 0) is 36.6 Å². The van der Waals surface area contributed by atoms with E-state index in [9.17, 15) is 18.8 Å². The predicted molar refractivity (Wildman–Crippen MR) is 122 cm³/mol. The molecule has 3 rings (SSSR count). The molecule has 2 aromatic heterocycles. The number of imidazole rings is 1. The number of fused-ring (bicyclic) bond motifs is 1. The Balaban J connectivity index is 1.84. The molecule has 0 spiro atoms. The van der Waals surface area contributed by atoms with Crippen molar-refractivity contribution in [2.75, 3.05) is 7.11 Å². The molecule has 2 heterocycles. The van der Waals surface area contributed by atoms with Crippen molar-refractivity contribution in [3.05, 3.63) is 62.3 Å². The Labute approximate surface area is 189 Å². The van der Waals surface area contributed by atoms with Crippen LogP contribution in [0.5, 0.6) is 5.75 Å². The minimum atomic E-state index is -0.654. The van der Waals surface area contributed by atoms with Crippen molar-refractivity contribution >= 4 is 23.2 Å². The number of nitrogens with zero attached hydrogens (tertiary/aromatic N) is 3. The third-order valence-corrected chi connectivity index (χ3v) is 5.08. The number of ether oxygens (including phenoxy) is 2. The smallest absolute Gasteiger partial charge is 0.331 e. The lowest BCUT2D eigenvalue weighted by molar-refractivity contribution is -0.139. The highest BCUT2D eigenvalue weighted by Crippen LogP contribution is 2.18. The van der Waals surface area contributed by atoms with Crippen LogP contribution in [0.3, 0.4) is 0 Å². The van der Waals surface area contributed by atoms with Gasteiger partial charge in [0.25, 0.3) is 5.56 Å². The number of rotatable bonds is 10. The van der Waals surface area contributed by atoms with Crippen molar-refractivity contribution in [1.29, 1.82) is 0 Å². The van der Waals surface area contributed by atoms with E-state index in [0.29, 0.717) is 30.9 Å². The fraction of sp³-hybridized carbons (Fsp3) is 0.391. The first kappa shape index (κ1) is 24.0. The molecule has 0 atom stereocenters. The summed E-state index contributed by atoms with van der Waals surface area (Å²) >= 11 is 0. The van der Waals surface area contributed by atoms with Crippen LogP contribution < -0.4 is 16.0 Å². The number of carbonyl (C=O) groups is 1. The van der Waals surface area contributed by atoms with Gasteiger partial charge in [0.2, 0.25) is 0 Å². The summed E-state index contributed by atoms with van der Waals surface area (Å²) in [6, 6.07) is 4.31. The number of hydrogen-bond acceptors (Lipinski definition) is 6. The lowest BCUT2D eigenvalue weighted by Crippen LogP contribution is -2.31. The first-order valence-electron chi connectivity index (χ1n) is 10.8. The van der Waals surface area contributed by atoms with Gasteiger partial charge in [0.15, 0.2) is 22.7 Å². The van der Waals surface area contributed by atoms with E-state index in [2.05, 4.69) is 9.97 Å². The summed E-state index contributed by atoms with van der Waals surface area (Å²) < 4.78 is 27.1. The quantitative estimate of drug-likeness (QED) is 0.370. The fourth-order valence-electron chi connectivity index (χ4n) is 3.45. The number of esters is 1. The molecular weight excluding hydrogens is 431 g/mol.